The zero-order chi connectivity index (χ0) is 63.1. The molecule has 1 amide bonds. The Bertz CT molecular complexity index is 1980. The van der Waals surface area contributed by atoms with Crippen LogP contribution < -0.4 is 5.32 Å². The maximum Gasteiger partial charge on any atom is 0.306 e. The van der Waals surface area contributed by atoms with E-state index in [1.165, 1.54) is 77.0 Å². The highest BCUT2D eigenvalue weighted by molar-refractivity contribution is 5.80. The van der Waals surface area contributed by atoms with Gasteiger partial charge in [0.1, 0.15) is 24.4 Å². The number of carbonyl (C=O) groups is 2. The highest BCUT2D eigenvalue weighted by Gasteiger charge is 2.47. The van der Waals surface area contributed by atoms with Crippen LogP contribution in [0.1, 0.15) is 258 Å². The number of rotatable bonds is 57. The highest BCUT2D eigenvalue weighted by atomic mass is 16.7. The third-order valence-corrected chi connectivity index (χ3v) is 15.2. The van der Waals surface area contributed by atoms with Crippen LogP contribution in [0.15, 0.2) is 146 Å². The van der Waals surface area contributed by atoms with Crippen molar-refractivity contribution >= 4 is 11.9 Å². The molecule has 1 aliphatic heterocycles. The van der Waals surface area contributed by atoms with Crippen LogP contribution in [0.5, 0.6) is 0 Å². The Labute approximate surface area is 530 Å². The van der Waals surface area contributed by atoms with E-state index in [1.807, 2.05) is 6.08 Å². The number of allylic oxidation sites excluding steroid dienone is 23. The molecule has 1 fully saturated rings. The Morgan fingerprint density at radius 3 is 1.24 bits per heavy atom. The quantitative estimate of drug-likeness (QED) is 0.0195. The Morgan fingerprint density at radius 1 is 0.460 bits per heavy atom. The number of aliphatic hydroxyl groups excluding tert-OH is 5. The summed E-state index contributed by atoms with van der Waals surface area (Å²) in [5, 5.41) is 57.2. The zero-order valence-corrected chi connectivity index (χ0v) is 54.8. The van der Waals surface area contributed by atoms with Gasteiger partial charge in [-0.1, -0.05) is 276 Å². The molecule has 1 rings (SSSR count). The molecule has 0 bridgehead atoms. The van der Waals surface area contributed by atoms with Crippen molar-refractivity contribution in [3.05, 3.63) is 146 Å². The average molecular weight is 1210 g/mol. The van der Waals surface area contributed by atoms with E-state index in [0.717, 1.165) is 135 Å². The zero-order valence-electron chi connectivity index (χ0n) is 54.8. The van der Waals surface area contributed by atoms with Crippen molar-refractivity contribution in [3.63, 3.8) is 0 Å². The molecule has 1 aliphatic rings. The van der Waals surface area contributed by atoms with Gasteiger partial charge < -0.3 is 45.1 Å². The fourth-order valence-corrected chi connectivity index (χ4v) is 9.86. The average Bonchev–Trinajstić information content (AvgIpc) is 3.60. The van der Waals surface area contributed by atoms with Crippen LogP contribution in [0, 0.1) is 0 Å². The lowest BCUT2D eigenvalue weighted by Gasteiger charge is -2.41. The second kappa shape index (κ2) is 61.8. The number of carbonyl (C=O) groups excluding carboxylic acids is 2. The highest BCUT2D eigenvalue weighted by Crippen LogP contribution is 2.26. The largest absolute Gasteiger partial charge is 0.454 e. The van der Waals surface area contributed by atoms with Crippen LogP contribution in [0.3, 0.4) is 0 Å². The summed E-state index contributed by atoms with van der Waals surface area (Å²) in [7, 11) is 0. The van der Waals surface area contributed by atoms with Crippen molar-refractivity contribution in [1.29, 1.82) is 0 Å². The lowest BCUT2D eigenvalue weighted by molar-refractivity contribution is -0.305. The van der Waals surface area contributed by atoms with Gasteiger partial charge in [0.15, 0.2) is 12.4 Å². The summed E-state index contributed by atoms with van der Waals surface area (Å²) in [6.45, 7) is 5.53. The normalized spacial score (nSPS) is 19.2. The van der Waals surface area contributed by atoms with Crippen LogP contribution in [0.4, 0.5) is 0 Å². The van der Waals surface area contributed by atoms with Gasteiger partial charge in [-0.3, -0.25) is 9.59 Å². The number of nitrogens with one attached hydrogen (secondary N) is 1. The molecular weight excluding hydrogens is 1090 g/mol. The standard InChI is InChI=1S/C76H125NO10/c1-4-7-10-13-16-19-22-24-26-28-30-32-33-34-35-36-38-39-41-43-45-48-51-54-57-60-63-69(80)75(84)77-67(68(79)62-59-56-53-50-47-21-18-15-12-9-6-3)66-85-76-74(73(83)72(82)70(65-78)86-76)87-71(81)64-61-58-55-52-49-46-44-42-40-37-31-29-27-25-23-20-17-14-11-8-5-2/h7-8,10-11,16-17,19-20,24-27,30-32,34-35,37,42,44,49,52,59,62,67-70,72-74,76,78-80,82-83H,4-6,9,12-15,18,21-23,28-29,33,36,38-41,43,45-48,50-51,53-58,60-61,63-66H2,1-3H3,(H,77,84)/b10-7-,11-8-,19-16-,20-17-,26-24-,27-25-,32-30-,35-34-,37-31-,44-42-,52-49-,62-59+. The summed E-state index contributed by atoms with van der Waals surface area (Å²) in [6.07, 6.45) is 78.9. The fourth-order valence-electron chi connectivity index (χ4n) is 9.86. The molecule has 0 aliphatic carbocycles. The van der Waals surface area contributed by atoms with Gasteiger partial charge in [-0.25, -0.2) is 0 Å². The molecule has 1 saturated heterocycles. The first-order chi connectivity index (χ1) is 42.7. The first kappa shape index (κ1) is 80.6. The first-order valence-corrected chi connectivity index (χ1v) is 34.6. The summed E-state index contributed by atoms with van der Waals surface area (Å²) in [5.74, 6) is -1.25. The molecule has 494 valence electrons. The number of hydrogen-bond donors (Lipinski definition) is 6. The molecule has 1 heterocycles. The van der Waals surface area contributed by atoms with Crippen LogP contribution in [-0.4, -0.2) is 99.6 Å². The third kappa shape index (κ3) is 49.1. The van der Waals surface area contributed by atoms with E-state index in [2.05, 4.69) is 160 Å². The van der Waals surface area contributed by atoms with Crippen molar-refractivity contribution < 1.29 is 49.3 Å². The van der Waals surface area contributed by atoms with Gasteiger partial charge in [-0.05, 0) is 122 Å². The molecule has 0 aromatic heterocycles. The Kier molecular flexibility index (Phi) is 57.2. The topological polar surface area (TPSA) is 175 Å². The summed E-state index contributed by atoms with van der Waals surface area (Å²) in [4.78, 5) is 26.6. The molecule has 11 nitrogen and oxygen atoms in total. The number of unbranched alkanes of at least 4 members (excludes halogenated alkanes) is 21. The molecule has 8 unspecified atom stereocenters. The monoisotopic (exact) mass is 1210 g/mol. The van der Waals surface area contributed by atoms with Crippen molar-refractivity contribution in [3.8, 4) is 0 Å². The molecule has 8 atom stereocenters. The number of amides is 1. The summed E-state index contributed by atoms with van der Waals surface area (Å²) in [6, 6.07) is -1.05. The summed E-state index contributed by atoms with van der Waals surface area (Å²) < 4.78 is 17.6. The molecule has 11 heteroatoms. The van der Waals surface area contributed by atoms with E-state index in [1.54, 1.807) is 6.08 Å². The molecule has 0 spiro atoms. The predicted molar refractivity (Wildman–Crippen MR) is 365 cm³/mol. The van der Waals surface area contributed by atoms with E-state index >= 15 is 0 Å². The Hall–Kier alpha value is -4.46. The molecule has 87 heavy (non-hydrogen) atoms. The number of ether oxygens (including phenoxy) is 3. The SMILES string of the molecule is CC/C=C\C/C=C\C/C=C\C/C=C\C/C=C\C/C=C\CCCCC(=O)OC1C(OCC(NC(=O)C(O)CCCCCCCCCCCC/C=C\C/C=C\C/C=C\C/C=C\C/C=C\CC)C(O)/C=C/CCCCCCCCCCC)OC(CO)C(O)C1O. The summed E-state index contributed by atoms with van der Waals surface area (Å²) in [5.41, 5.74) is 0. The molecule has 6 N–H and O–H groups in total. The maximum atomic E-state index is 13.5. The van der Waals surface area contributed by atoms with Crippen molar-refractivity contribution in [2.45, 2.75) is 307 Å². The van der Waals surface area contributed by atoms with Crippen LogP contribution in [0.25, 0.3) is 0 Å². The van der Waals surface area contributed by atoms with Crippen molar-refractivity contribution in [1.82, 2.24) is 5.32 Å². The second-order valence-corrected chi connectivity index (χ2v) is 23.1. The van der Waals surface area contributed by atoms with Crippen LogP contribution in [0.2, 0.25) is 0 Å². The van der Waals surface area contributed by atoms with E-state index < -0.39 is 67.4 Å². The Balaban J connectivity index is 2.61. The van der Waals surface area contributed by atoms with Crippen LogP contribution in [-0.2, 0) is 23.8 Å². The predicted octanol–water partition coefficient (Wildman–Crippen LogP) is 17.7. The number of hydrogen-bond acceptors (Lipinski definition) is 10. The van der Waals surface area contributed by atoms with Crippen LogP contribution >= 0.6 is 0 Å². The van der Waals surface area contributed by atoms with E-state index in [0.29, 0.717) is 12.8 Å². The van der Waals surface area contributed by atoms with Gasteiger partial charge >= 0.3 is 5.97 Å². The molecule has 0 saturated carbocycles. The van der Waals surface area contributed by atoms with E-state index in [4.69, 9.17) is 14.2 Å². The molecule has 0 aromatic rings. The second-order valence-electron chi connectivity index (χ2n) is 23.1. The van der Waals surface area contributed by atoms with Gasteiger partial charge in [0.05, 0.1) is 25.4 Å². The minimum atomic E-state index is -1.64. The number of aliphatic hydroxyl groups is 5. The van der Waals surface area contributed by atoms with Gasteiger partial charge in [0, 0.05) is 6.42 Å². The third-order valence-electron chi connectivity index (χ3n) is 15.2. The van der Waals surface area contributed by atoms with Crippen molar-refractivity contribution in [2.75, 3.05) is 13.2 Å². The first-order valence-electron chi connectivity index (χ1n) is 34.6. The molecule has 0 radical (unpaired) electrons. The fraction of sp³-hybridized carbons (Fsp3) is 0.658. The Morgan fingerprint density at radius 2 is 0.828 bits per heavy atom. The van der Waals surface area contributed by atoms with E-state index in [-0.39, 0.29) is 19.4 Å². The van der Waals surface area contributed by atoms with Gasteiger partial charge in [0.2, 0.25) is 5.91 Å². The van der Waals surface area contributed by atoms with E-state index in [9.17, 15) is 35.1 Å². The minimum Gasteiger partial charge on any atom is -0.454 e. The van der Waals surface area contributed by atoms with Crippen molar-refractivity contribution in [2.24, 2.45) is 0 Å². The minimum absolute atomic E-state index is 0.0605. The van der Waals surface area contributed by atoms with Gasteiger partial charge in [0.25, 0.3) is 0 Å². The maximum absolute atomic E-state index is 13.5. The lowest BCUT2D eigenvalue weighted by Crippen LogP contribution is -2.61. The smallest absolute Gasteiger partial charge is 0.306 e. The molecular formula is C76H125NO10. The molecule has 0 aromatic carbocycles. The summed E-state index contributed by atoms with van der Waals surface area (Å²) >= 11 is 0. The van der Waals surface area contributed by atoms with Gasteiger partial charge in [-0.2, -0.15) is 0 Å². The lowest BCUT2D eigenvalue weighted by atomic mass is 9.99. The van der Waals surface area contributed by atoms with Gasteiger partial charge in [-0.15, -0.1) is 0 Å². The number of esters is 1.